The van der Waals surface area contributed by atoms with Gasteiger partial charge in [0.25, 0.3) is 0 Å². The molecule has 1 saturated heterocycles. The van der Waals surface area contributed by atoms with E-state index in [-0.39, 0.29) is 36.8 Å². The summed E-state index contributed by atoms with van der Waals surface area (Å²) in [6.45, 7) is 0.681. The molecule has 0 radical (unpaired) electrons. The zero-order valence-corrected chi connectivity index (χ0v) is 32.2. The minimum absolute atomic E-state index is 0.0122. The molecule has 2 aliphatic rings. The number of nitriles is 1. The summed E-state index contributed by atoms with van der Waals surface area (Å²) in [4.78, 5) is 48.0. The van der Waals surface area contributed by atoms with Gasteiger partial charge in [0, 0.05) is 61.6 Å². The Morgan fingerprint density at radius 2 is 1.45 bits per heavy atom. The second-order valence-corrected chi connectivity index (χ2v) is 13.4. The number of likely N-dealkylation sites (tertiary alicyclic amines) is 1. The van der Waals surface area contributed by atoms with Crippen molar-refractivity contribution >= 4 is 28.9 Å². The Kier molecular flexibility index (Phi) is 17.3. The molecular formula is C34H33F13N10O7. The Labute approximate surface area is 349 Å². The van der Waals surface area contributed by atoms with Gasteiger partial charge in [-0.05, 0) is 31.7 Å². The highest BCUT2D eigenvalue weighted by Gasteiger charge is 2.48. The van der Waals surface area contributed by atoms with Gasteiger partial charge in [-0.15, -0.1) is 0 Å². The van der Waals surface area contributed by atoms with Crippen molar-refractivity contribution in [3.8, 4) is 23.2 Å². The molecule has 0 spiro atoms. The van der Waals surface area contributed by atoms with Crippen LogP contribution in [-0.2, 0) is 32.6 Å². The fraction of sp³-hybridized carbons (Fsp3) is 0.500. The van der Waals surface area contributed by atoms with E-state index in [1.165, 1.54) is 12.4 Å². The topological polar surface area (TPSA) is 245 Å². The summed E-state index contributed by atoms with van der Waals surface area (Å²) < 4.78 is 156. The highest BCUT2D eigenvalue weighted by molar-refractivity contribution is 5.90. The van der Waals surface area contributed by atoms with Crippen LogP contribution >= 0.6 is 0 Å². The first-order chi connectivity index (χ1) is 29.6. The maximum atomic E-state index is 13.4. The van der Waals surface area contributed by atoms with Crippen LogP contribution in [0.4, 0.5) is 57.1 Å². The maximum Gasteiger partial charge on any atom is 0.490 e. The molecule has 5 N–H and O–H groups in total. The molecular weight excluding hydrogens is 907 g/mol. The van der Waals surface area contributed by atoms with Gasteiger partial charge in [0.2, 0.25) is 11.7 Å². The number of H-pyrrole nitrogens is 1. The second kappa shape index (κ2) is 21.3. The van der Waals surface area contributed by atoms with Crippen LogP contribution in [0, 0.1) is 11.3 Å². The highest BCUT2D eigenvalue weighted by atomic mass is 19.4. The number of halogens is 13. The lowest BCUT2D eigenvalue weighted by Gasteiger charge is -2.53. The van der Waals surface area contributed by atoms with Gasteiger partial charge in [-0.25, -0.2) is 33.7 Å². The van der Waals surface area contributed by atoms with Gasteiger partial charge in [-0.3, -0.25) is 9.58 Å². The van der Waals surface area contributed by atoms with Crippen LogP contribution in [0.25, 0.3) is 22.3 Å². The number of aromatic amines is 1. The van der Waals surface area contributed by atoms with Crippen molar-refractivity contribution in [3.63, 3.8) is 0 Å². The van der Waals surface area contributed by atoms with Gasteiger partial charge in [0.15, 0.2) is 0 Å². The number of ether oxygens (including phenoxy) is 1. The molecule has 6 rings (SSSR count). The lowest BCUT2D eigenvalue weighted by molar-refractivity contribution is -0.193. The van der Waals surface area contributed by atoms with Crippen LogP contribution in [-0.4, -0.2) is 130 Å². The number of nitrogens with one attached hydrogen (secondary N) is 2. The van der Waals surface area contributed by atoms with Gasteiger partial charge in [0.1, 0.15) is 30.3 Å². The number of aromatic nitrogens is 7. The summed E-state index contributed by atoms with van der Waals surface area (Å²) in [5.41, 5.74) is 2.00. The molecule has 4 aromatic heterocycles. The van der Waals surface area contributed by atoms with E-state index in [0.717, 1.165) is 35.1 Å². The molecule has 1 aliphatic heterocycles. The quantitative estimate of drug-likeness (QED) is 0.0918. The average Bonchev–Trinajstić information content (AvgIpc) is 3.87. The summed E-state index contributed by atoms with van der Waals surface area (Å²) in [5, 5.41) is 39.2. The van der Waals surface area contributed by atoms with Gasteiger partial charge in [0.05, 0.1) is 30.1 Å². The van der Waals surface area contributed by atoms with Crippen LogP contribution in [0.1, 0.15) is 43.6 Å². The zero-order valence-electron chi connectivity index (χ0n) is 32.2. The fourth-order valence-corrected chi connectivity index (χ4v) is 5.99. The molecule has 1 saturated carbocycles. The van der Waals surface area contributed by atoms with Crippen molar-refractivity contribution in [1.82, 2.24) is 44.9 Å². The lowest BCUT2D eigenvalue weighted by Crippen LogP contribution is -2.65. The van der Waals surface area contributed by atoms with E-state index in [1.807, 2.05) is 23.1 Å². The first-order valence-corrected chi connectivity index (χ1v) is 17.8. The molecule has 4 aromatic rings. The molecule has 352 valence electrons. The Bertz CT molecular complexity index is 2170. The third-order valence-corrected chi connectivity index (χ3v) is 8.86. The molecule has 64 heavy (non-hydrogen) atoms. The van der Waals surface area contributed by atoms with E-state index < -0.39 is 60.7 Å². The largest absolute Gasteiger partial charge is 0.490 e. The van der Waals surface area contributed by atoms with E-state index in [2.05, 4.69) is 46.3 Å². The normalized spacial score (nSPS) is 17.5. The minimum Gasteiger partial charge on any atom is -0.475 e. The number of carbonyl (C=O) groups is 3. The van der Waals surface area contributed by atoms with Crippen LogP contribution in [0.5, 0.6) is 5.88 Å². The van der Waals surface area contributed by atoms with Crippen LogP contribution < -0.4 is 10.1 Å². The van der Waals surface area contributed by atoms with E-state index in [4.69, 9.17) is 34.4 Å². The molecule has 1 aliphatic carbocycles. The van der Waals surface area contributed by atoms with Gasteiger partial charge < -0.3 is 30.4 Å². The Balaban J connectivity index is 0.000000429. The number of fused-ring (bicyclic) bond motifs is 1. The second-order valence-electron chi connectivity index (χ2n) is 13.4. The predicted molar refractivity (Wildman–Crippen MR) is 187 cm³/mol. The van der Waals surface area contributed by atoms with E-state index in [0.29, 0.717) is 32.4 Å². The maximum absolute atomic E-state index is 13.4. The Morgan fingerprint density at radius 3 is 1.95 bits per heavy atom. The molecule has 0 atom stereocenters. The van der Waals surface area contributed by atoms with Crippen molar-refractivity contribution < 1.29 is 91.5 Å². The van der Waals surface area contributed by atoms with E-state index >= 15 is 0 Å². The van der Waals surface area contributed by atoms with Crippen molar-refractivity contribution in [2.45, 2.75) is 81.0 Å². The summed E-state index contributed by atoms with van der Waals surface area (Å²) in [5.74, 6) is -9.67. The highest BCUT2D eigenvalue weighted by Crippen LogP contribution is 2.39. The number of hydrogen-bond acceptors (Lipinski definition) is 12. The number of aliphatic carboxylic acids is 3. The fourth-order valence-electron chi connectivity index (χ4n) is 5.99. The molecule has 0 aromatic carbocycles. The van der Waals surface area contributed by atoms with Crippen LogP contribution in [0.15, 0.2) is 37.1 Å². The summed E-state index contributed by atoms with van der Waals surface area (Å²) in [7, 11) is 0. The Hall–Kier alpha value is -6.38. The number of hydrogen-bond donors (Lipinski definition) is 5. The molecule has 30 heteroatoms. The van der Waals surface area contributed by atoms with Gasteiger partial charge in [-0.2, -0.15) is 68.0 Å². The smallest absolute Gasteiger partial charge is 0.475 e. The first kappa shape index (κ1) is 52.0. The molecule has 17 nitrogen and oxygen atoms in total. The molecule has 5 heterocycles. The number of alkyl halides is 13. The third kappa shape index (κ3) is 14.9. The average molecular weight is 941 g/mol. The summed E-state index contributed by atoms with van der Waals surface area (Å²) in [6, 6.07) is 5.88. The molecule has 2 fully saturated rings. The molecule has 0 unspecified atom stereocenters. The van der Waals surface area contributed by atoms with E-state index in [9.17, 15) is 62.3 Å². The van der Waals surface area contributed by atoms with E-state index in [1.54, 1.807) is 6.20 Å². The molecule has 0 bridgehead atoms. The predicted octanol–water partition coefficient (Wildman–Crippen LogP) is 5.90. The van der Waals surface area contributed by atoms with Gasteiger partial charge in [-0.1, -0.05) is 0 Å². The van der Waals surface area contributed by atoms with Crippen molar-refractivity contribution in [2.75, 3.05) is 26.3 Å². The Morgan fingerprint density at radius 1 is 0.891 bits per heavy atom. The number of nitrogens with zero attached hydrogens (tertiary/aromatic N) is 8. The number of carboxylic acid groups (broad SMARTS) is 3. The first-order valence-electron chi connectivity index (χ1n) is 17.8. The van der Waals surface area contributed by atoms with Crippen molar-refractivity contribution in [2.24, 2.45) is 0 Å². The zero-order chi connectivity index (χ0) is 48.3. The SMILES string of the molecule is N#CCC1(n2cc(-c3ncnc4[nH]ccc34)cn2)CN([C@H]2CC[C@@H](Oc3cc(CNCCF)nc(C(F)(F)F)n3)CC2)C1.O=C(O)C(F)(F)F.O=C(O)C(F)(F)F.O=C(O)C(F)(F)F. The van der Waals surface area contributed by atoms with Crippen molar-refractivity contribution in [1.29, 1.82) is 5.26 Å². The van der Waals surface area contributed by atoms with Crippen LogP contribution in [0.3, 0.4) is 0 Å². The number of carboxylic acids is 3. The summed E-state index contributed by atoms with van der Waals surface area (Å²) >= 11 is 0. The monoisotopic (exact) mass is 940 g/mol. The summed E-state index contributed by atoms with van der Waals surface area (Å²) in [6.07, 6.45) is -10.0. The van der Waals surface area contributed by atoms with Crippen molar-refractivity contribution in [3.05, 3.63) is 48.6 Å². The number of rotatable bonds is 10. The minimum atomic E-state index is -5.08. The lowest BCUT2D eigenvalue weighted by atomic mass is 9.82. The van der Waals surface area contributed by atoms with Gasteiger partial charge >= 0.3 is 42.6 Å². The third-order valence-electron chi connectivity index (χ3n) is 8.86. The van der Waals surface area contributed by atoms with Crippen LogP contribution in [0.2, 0.25) is 0 Å². The standard InChI is InChI=1S/C28H30F4N10O.3C2HF3O2/c29-7-10-34-13-19-11-23(40-26(39-19)28(30,31)32)43-21-3-1-20(2-4-21)41-15-27(16-41,6-8-33)42-14-18(12-38-42)24-22-5-9-35-25(22)37-17-36-24;3*3-2(4,5)1(6)7/h5,9,11-12,14,17,20-21,34H,1-4,6-7,10,13,15-16H2,(H,35,36,37);3*(H,6,7)/t20-,21+;;;. The molecule has 0 amide bonds.